The predicted octanol–water partition coefficient (Wildman–Crippen LogP) is 3.53. The summed E-state index contributed by atoms with van der Waals surface area (Å²) in [6, 6.07) is 5.16. The van der Waals surface area contributed by atoms with Gasteiger partial charge in [0.2, 0.25) is 5.95 Å². The van der Waals surface area contributed by atoms with Gasteiger partial charge in [-0.2, -0.15) is 17.6 Å². The molecule has 0 aliphatic heterocycles. The number of hydrogen-bond donors (Lipinski definition) is 1. The summed E-state index contributed by atoms with van der Waals surface area (Å²) >= 11 is 0. The monoisotopic (exact) mass is 299 g/mol. The number of nitrogens with zero attached hydrogens (tertiary/aromatic N) is 1. The Bertz CT molecular complexity index is 666. The smallest absolute Gasteiger partial charge is 0.416 e. The first-order valence-corrected chi connectivity index (χ1v) is 5.81. The van der Waals surface area contributed by atoms with Gasteiger partial charge in [0.25, 0.3) is 0 Å². The van der Waals surface area contributed by atoms with Gasteiger partial charge in [0.15, 0.2) is 0 Å². The molecule has 0 spiro atoms. The number of aromatic nitrogens is 1. The fourth-order valence-corrected chi connectivity index (χ4v) is 1.80. The molecule has 0 unspecified atom stereocenters. The molecule has 1 N–H and O–H groups in total. The van der Waals surface area contributed by atoms with E-state index in [1.54, 1.807) is 0 Å². The van der Waals surface area contributed by atoms with Gasteiger partial charge in [-0.1, -0.05) is 12.1 Å². The third-order valence-electron chi connectivity index (χ3n) is 2.77. The molecule has 2 rings (SSSR count). The molecule has 0 saturated carbocycles. The molecule has 7 heteroatoms. The maximum Gasteiger partial charge on any atom is 0.416 e. The van der Waals surface area contributed by atoms with Crippen LogP contribution in [0.4, 0.5) is 17.6 Å². The quantitative estimate of drug-likeness (QED) is 0.696. The molecule has 0 bridgehead atoms. The van der Waals surface area contributed by atoms with Gasteiger partial charge < -0.3 is 5.11 Å². The highest BCUT2D eigenvalue weighted by atomic mass is 19.4. The molecule has 0 radical (unpaired) electrons. The van der Waals surface area contributed by atoms with E-state index in [2.05, 4.69) is 4.98 Å². The molecule has 1 aromatic heterocycles. The third-order valence-corrected chi connectivity index (χ3v) is 2.77. The lowest BCUT2D eigenvalue weighted by atomic mass is 10.0. The zero-order valence-electron chi connectivity index (χ0n) is 10.5. The van der Waals surface area contributed by atoms with E-state index >= 15 is 0 Å². The number of halogens is 4. The zero-order valence-corrected chi connectivity index (χ0v) is 10.5. The Morgan fingerprint density at radius 2 is 1.81 bits per heavy atom. The van der Waals surface area contributed by atoms with Crippen LogP contribution in [-0.4, -0.2) is 16.1 Å². The highest BCUT2D eigenvalue weighted by Crippen LogP contribution is 2.31. The van der Waals surface area contributed by atoms with Crippen LogP contribution in [0, 0.1) is 5.95 Å². The van der Waals surface area contributed by atoms with Crippen LogP contribution in [0.15, 0.2) is 36.5 Å². The highest BCUT2D eigenvalue weighted by molar-refractivity contribution is 5.71. The minimum atomic E-state index is -4.47. The van der Waals surface area contributed by atoms with Crippen LogP contribution in [-0.2, 0) is 17.4 Å². The van der Waals surface area contributed by atoms with Crippen LogP contribution >= 0.6 is 0 Å². The van der Waals surface area contributed by atoms with E-state index in [4.69, 9.17) is 5.11 Å². The SMILES string of the molecule is O=C(O)Cc1cnc(F)c(-c2ccc(C(F)(F)F)cc2)c1. The summed E-state index contributed by atoms with van der Waals surface area (Å²) < 4.78 is 51.0. The summed E-state index contributed by atoms with van der Waals surface area (Å²) in [5.74, 6) is -1.98. The second-order valence-corrected chi connectivity index (χ2v) is 4.33. The molecular weight excluding hydrogens is 290 g/mol. The van der Waals surface area contributed by atoms with Crippen molar-refractivity contribution >= 4 is 5.97 Å². The molecule has 21 heavy (non-hydrogen) atoms. The van der Waals surface area contributed by atoms with E-state index in [0.717, 1.165) is 30.5 Å². The van der Waals surface area contributed by atoms with Gasteiger partial charge in [-0.05, 0) is 29.3 Å². The van der Waals surface area contributed by atoms with Crippen molar-refractivity contribution in [3.8, 4) is 11.1 Å². The van der Waals surface area contributed by atoms with Crippen LogP contribution in [0.2, 0.25) is 0 Å². The van der Waals surface area contributed by atoms with Crippen molar-refractivity contribution < 1.29 is 27.5 Å². The normalized spacial score (nSPS) is 11.4. The average Bonchev–Trinajstić information content (AvgIpc) is 2.39. The Labute approximate surface area is 116 Å². The molecule has 110 valence electrons. The standard InChI is InChI=1S/C14H9F4NO2/c15-13-11(5-8(7-19-13)6-12(20)21)9-1-3-10(4-2-9)14(16,17)18/h1-5,7H,6H2,(H,20,21). The van der Waals surface area contributed by atoms with Crippen molar-refractivity contribution in [1.29, 1.82) is 0 Å². The first-order chi connectivity index (χ1) is 9.77. The summed E-state index contributed by atoms with van der Waals surface area (Å²) in [6.45, 7) is 0. The van der Waals surface area contributed by atoms with Crippen LogP contribution in [0.1, 0.15) is 11.1 Å². The predicted molar refractivity (Wildman–Crippen MR) is 66.0 cm³/mol. The van der Waals surface area contributed by atoms with Gasteiger partial charge in [0.05, 0.1) is 12.0 Å². The van der Waals surface area contributed by atoms with Crippen molar-refractivity contribution in [3.05, 3.63) is 53.6 Å². The van der Waals surface area contributed by atoms with Crippen molar-refractivity contribution in [3.63, 3.8) is 0 Å². The lowest BCUT2D eigenvalue weighted by Crippen LogP contribution is -2.04. The molecule has 1 heterocycles. The number of rotatable bonds is 3. The largest absolute Gasteiger partial charge is 0.481 e. The molecule has 0 aliphatic carbocycles. The number of carboxylic acids is 1. The highest BCUT2D eigenvalue weighted by Gasteiger charge is 2.30. The Hall–Kier alpha value is -2.44. The van der Waals surface area contributed by atoms with E-state index in [-0.39, 0.29) is 23.1 Å². The van der Waals surface area contributed by atoms with Crippen molar-refractivity contribution in [2.75, 3.05) is 0 Å². The second kappa shape index (κ2) is 5.51. The van der Waals surface area contributed by atoms with Crippen molar-refractivity contribution in [2.45, 2.75) is 12.6 Å². The first-order valence-electron chi connectivity index (χ1n) is 5.81. The molecule has 2 aromatic rings. The van der Waals surface area contributed by atoms with E-state index in [1.165, 1.54) is 6.07 Å². The molecule has 3 nitrogen and oxygen atoms in total. The number of carbonyl (C=O) groups is 1. The number of hydrogen-bond acceptors (Lipinski definition) is 2. The number of carboxylic acid groups (broad SMARTS) is 1. The van der Waals surface area contributed by atoms with Crippen LogP contribution in [0.3, 0.4) is 0 Å². The fraction of sp³-hybridized carbons (Fsp3) is 0.143. The van der Waals surface area contributed by atoms with Crippen LogP contribution in [0.5, 0.6) is 0 Å². The fourth-order valence-electron chi connectivity index (χ4n) is 1.80. The van der Waals surface area contributed by atoms with E-state index in [0.29, 0.717) is 0 Å². The van der Waals surface area contributed by atoms with Crippen LogP contribution < -0.4 is 0 Å². The number of alkyl halides is 3. The average molecular weight is 299 g/mol. The molecular formula is C14H9F4NO2. The van der Waals surface area contributed by atoms with Gasteiger partial charge >= 0.3 is 12.1 Å². The summed E-state index contributed by atoms with van der Waals surface area (Å²) in [5, 5.41) is 8.68. The van der Waals surface area contributed by atoms with E-state index in [1.807, 2.05) is 0 Å². The van der Waals surface area contributed by atoms with Crippen molar-refractivity contribution in [1.82, 2.24) is 4.98 Å². The summed E-state index contributed by atoms with van der Waals surface area (Å²) in [6.07, 6.45) is -3.74. The third kappa shape index (κ3) is 3.56. The minimum absolute atomic E-state index is 0.0394. The maximum absolute atomic E-state index is 13.6. The topological polar surface area (TPSA) is 50.2 Å². The number of benzene rings is 1. The Morgan fingerprint density at radius 3 is 2.33 bits per heavy atom. The molecule has 0 fully saturated rings. The summed E-state index contributed by atoms with van der Waals surface area (Å²) in [4.78, 5) is 14.0. The van der Waals surface area contributed by atoms with Crippen molar-refractivity contribution in [2.24, 2.45) is 0 Å². The van der Waals surface area contributed by atoms with Crippen LogP contribution in [0.25, 0.3) is 11.1 Å². The van der Waals surface area contributed by atoms with Gasteiger partial charge in [0.1, 0.15) is 0 Å². The van der Waals surface area contributed by atoms with Gasteiger partial charge in [0, 0.05) is 11.8 Å². The summed E-state index contributed by atoms with van der Waals surface area (Å²) in [5.41, 5.74) is -0.428. The molecule has 0 aliphatic rings. The Morgan fingerprint density at radius 1 is 1.19 bits per heavy atom. The van der Waals surface area contributed by atoms with E-state index in [9.17, 15) is 22.4 Å². The molecule has 0 amide bonds. The number of pyridine rings is 1. The second-order valence-electron chi connectivity index (χ2n) is 4.33. The maximum atomic E-state index is 13.6. The lowest BCUT2D eigenvalue weighted by Gasteiger charge is -2.09. The molecule has 0 saturated heterocycles. The Kier molecular flexibility index (Phi) is 3.93. The first kappa shape index (κ1) is 15.0. The number of aliphatic carboxylic acids is 1. The zero-order chi connectivity index (χ0) is 15.6. The van der Waals surface area contributed by atoms with Gasteiger partial charge in [-0.25, -0.2) is 4.98 Å². The lowest BCUT2D eigenvalue weighted by molar-refractivity contribution is -0.138. The van der Waals surface area contributed by atoms with Gasteiger partial charge in [-0.3, -0.25) is 4.79 Å². The Balaban J connectivity index is 2.39. The minimum Gasteiger partial charge on any atom is -0.481 e. The summed E-state index contributed by atoms with van der Waals surface area (Å²) in [7, 11) is 0. The molecule has 1 aromatic carbocycles. The van der Waals surface area contributed by atoms with E-state index < -0.39 is 23.7 Å². The molecule has 0 atom stereocenters. The van der Waals surface area contributed by atoms with Gasteiger partial charge in [-0.15, -0.1) is 0 Å².